The predicted octanol–water partition coefficient (Wildman–Crippen LogP) is 2.34. The van der Waals surface area contributed by atoms with E-state index in [-0.39, 0.29) is 47.6 Å². The fourth-order valence-corrected chi connectivity index (χ4v) is 6.13. The van der Waals surface area contributed by atoms with Gasteiger partial charge in [-0.25, -0.2) is 0 Å². The van der Waals surface area contributed by atoms with Crippen molar-refractivity contribution in [2.45, 2.75) is 64.4 Å². The third kappa shape index (κ3) is 3.24. The molecule has 0 saturated heterocycles. The molecule has 0 spiro atoms. The van der Waals surface area contributed by atoms with Crippen molar-refractivity contribution in [3.8, 4) is 0 Å². The van der Waals surface area contributed by atoms with Crippen molar-refractivity contribution in [2.24, 2.45) is 22.7 Å². The largest absolute Gasteiger partial charge is 0.396 e. The molecule has 2 saturated carbocycles. The molecule has 0 aromatic heterocycles. The van der Waals surface area contributed by atoms with Gasteiger partial charge in [-0.15, -0.1) is 0 Å². The van der Waals surface area contributed by atoms with E-state index in [1.165, 1.54) is 0 Å². The summed E-state index contributed by atoms with van der Waals surface area (Å²) in [5.74, 6) is -0.647. The molecule has 3 aliphatic rings. The van der Waals surface area contributed by atoms with Gasteiger partial charge in [-0.3, -0.25) is 9.59 Å². The number of Topliss-reactive ketones (excluding diaryl/α,β-unsaturated/α-hetero) is 1. The topological polar surface area (TPSA) is 94.8 Å². The summed E-state index contributed by atoms with van der Waals surface area (Å²) in [6.07, 6.45) is 5.73. The Hall–Kier alpha value is -1.30. The lowest BCUT2D eigenvalue weighted by molar-refractivity contribution is -0.146. The zero-order chi connectivity index (χ0) is 20.0. The second kappa shape index (κ2) is 6.94. The molecule has 27 heavy (non-hydrogen) atoms. The molecular weight excluding hydrogens is 344 g/mol. The Morgan fingerprint density at radius 3 is 2.56 bits per heavy atom. The van der Waals surface area contributed by atoms with Crippen molar-refractivity contribution >= 4 is 11.6 Å². The third-order valence-electron chi connectivity index (χ3n) is 7.79. The van der Waals surface area contributed by atoms with Gasteiger partial charge in [-0.1, -0.05) is 32.4 Å². The normalized spacial score (nSPS) is 42.7. The minimum Gasteiger partial charge on any atom is -0.396 e. The second-order valence-corrected chi connectivity index (χ2v) is 9.50. The first-order valence-electron chi connectivity index (χ1n) is 9.99. The van der Waals surface area contributed by atoms with E-state index in [4.69, 9.17) is 0 Å². The van der Waals surface area contributed by atoms with E-state index in [2.05, 4.69) is 20.4 Å². The third-order valence-corrected chi connectivity index (χ3v) is 7.79. The lowest BCUT2D eigenvalue weighted by Crippen LogP contribution is -2.55. The molecule has 0 heterocycles. The molecule has 3 aliphatic carbocycles. The van der Waals surface area contributed by atoms with Crippen LogP contribution in [0.1, 0.15) is 58.8 Å². The van der Waals surface area contributed by atoms with Crippen LogP contribution in [0.5, 0.6) is 0 Å². The number of aliphatic hydroxyl groups excluding tert-OH is 2. The van der Waals surface area contributed by atoms with Crippen LogP contribution in [0.15, 0.2) is 23.8 Å². The van der Waals surface area contributed by atoms with Crippen molar-refractivity contribution in [1.82, 2.24) is 0 Å². The maximum absolute atomic E-state index is 12.6. The first kappa shape index (κ1) is 20.4. The van der Waals surface area contributed by atoms with Crippen molar-refractivity contribution in [1.29, 1.82) is 0 Å². The van der Waals surface area contributed by atoms with Gasteiger partial charge in [0.15, 0.2) is 11.6 Å². The fourth-order valence-electron chi connectivity index (χ4n) is 6.13. The Morgan fingerprint density at radius 2 is 1.93 bits per heavy atom. The Morgan fingerprint density at radius 1 is 1.22 bits per heavy atom. The van der Waals surface area contributed by atoms with Crippen LogP contribution >= 0.6 is 0 Å². The minimum atomic E-state index is -1.73. The molecule has 150 valence electrons. The lowest BCUT2D eigenvalue weighted by Gasteiger charge is -2.59. The van der Waals surface area contributed by atoms with Crippen molar-refractivity contribution in [3.63, 3.8) is 0 Å². The van der Waals surface area contributed by atoms with E-state index in [0.717, 1.165) is 43.8 Å². The average molecular weight is 376 g/mol. The molecule has 0 aliphatic heterocycles. The number of carbonyl (C=O) groups excluding carboxylic acids is 2. The van der Waals surface area contributed by atoms with E-state index in [1.54, 1.807) is 0 Å². The van der Waals surface area contributed by atoms with Crippen LogP contribution in [-0.4, -0.2) is 45.7 Å². The van der Waals surface area contributed by atoms with E-state index in [9.17, 15) is 24.9 Å². The Kier molecular flexibility index (Phi) is 5.26. The van der Waals surface area contributed by atoms with E-state index >= 15 is 0 Å². The van der Waals surface area contributed by atoms with Crippen molar-refractivity contribution < 1.29 is 24.9 Å². The van der Waals surface area contributed by atoms with Crippen LogP contribution in [0.2, 0.25) is 0 Å². The summed E-state index contributed by atoms with van der Waals surface area (Å²) in [5, 5.41) is 30.4. The summed E-state index contributed by atoms with van der Waals surface area (Å²) in [7, 11) is 0. The van der Waals surface area contributed by atoms with Crippen LogP contribution in [-0.2, 0) is 9.59 Å². The summed E-state index contributed by atoms with van der Waals surface area (Å²) in [5.41, 5.74) is -0.958. The molecule has 0 bridgehead atoms. The highest BCUT2D eigenvalue weighted by Crippen LogP contribution is 2.62. The van der Waals surface area contributed by atoms with Crippen LogP contribution in [0.4, 0.5) is 0 Å². The quantitative estimate of drug-likeness (QED) is 0.655. The van der Waals surface area contributed by atoms with Crippen molar-refractivity contribution in [3.05, 3.63) is 23.8 Å². The molecule has 5 heteroatoms. The summed E-state index contributed by atoms with van der Waals surface area (Å²) < 4.78 is 0. The van der Waals surface area contributed by atoms with E-state index in [0.29, 0.717) is 5.92 Å². The van der Waals surface area contributed by atoms with Crippen LogP contribution in [0.3, 0.4) is 0 Å². The van der Waals surface area contributed by atoms with Crippen LogP contribution in [0, 0.1) is 22.7 Å². The summed E-state index contributed by atoms with van der Waals surface area (Å²) in [6, 6.07) is 0. The van der Waals surface area contributed by atoms with Crippen LogP contribution < -0.4 is 0 Å². The SMILES string of the molecule is C=C1CC[C@H]2[C@](C)(CO)CCC[C@]2(C)[C@H]1C[C@]1(O)CC(=O)C(CO)=CC1=O. The highest BCUT2D eigenvalue weighted by molar-refractivity contribution is 6.12. The second-order valence-electron chi connectivity index (χ2n) is 9.50. The smallest absolute Gasteiger partial charge is 0.188 e. The van der Waals surface area contributed by atoms with Gasteiger partial charge in [0.2, 0.25) is 0 Å². The van der Waals surface area contributed by atoms with Gasteiger partial charge in [0.05, 0.1) is 6.61 Å². The molecular formula is C22H32O5. The number of aliphatic hydroxyl groups is 3. The molecule has 5 atom stereocenters. The Bertz CT molecular complexity index is 695. The van der Waals surface area contributed by atoms with Gasteiger partial charge in [0.25, 0.3) is 0 Å². The maximum Gasteiger partial charge on any atom is 0.188 e. The van der Waals surface area contributed by atoms with Gasteiger partial charge in [-0.05, 0) is 60.8 Å². The monoisotopic (exact) mass is 376 g/mol. The number of allylic oxidation sites excluding steroid dienone is 1. The Labute approximate surface area is 161 Å². The highest BCUT2D eigenvalue weighted by Gasteiger charge is 2.56. The molecule has 0 unspecified atom stereocenters. The molecule has 0 radical (unpaired) electrons. The number of rotatable bonds is 4. The molecule has 3 rings (SSSR count). The zero-order valence-electron chi connectivity index (χ0n) is 16.5. The number of hydrogen-bond donors (Lipinski definition) is 3. The predicted molar refractivity (Wildman–Crippen MR) is 102 cm³/mol. The van der Waals surface area contributed by atoms with Crippen LogP contribution in [0.25, 0.3) is 0 Å². The minimum absolute atomic E-state index is 0.0711. The van der Waals surface area contributed by atoms with Gasteiger partial charge >= 0.3 is 0 Å². The molecule has 3 N–H and O–H groups in total. The first-order valence-corrected chi connectivity index (χ1v) is 9.99. The highest BCUT2D eigenvalue weighted by atomic mass is 16.3. The standard InChI is InChI=1S/C22H32O5/c1-14-5-6-18-20(2,13-24)7-4-8-21(18,3)16(14)10-22(27)11-17(25)15(12-23)9-19(22)26/h9,16,18,23-24,27H,1,4-8,10-13H2,2-3H3/t16-,18-,20-,21+,22-/m0/s1. The van der Waals surface area contributed by atoms with E-state index in [1.807, 2.05) is 0 Å². The average Bonchev–Trinajstić information content (AvgIpc) is 2.61. The maximum atomic E-state index is 12.6. The number of fused-ring (bicyclic) bond motifs is 1. The number of ketones is 2. The molecule has 0 aromatic carbocycles. The van der Waals surface area contributed by atoms with Gasteiger partial charge in [0, 0.05) is 18.6 Å². The van der Waals surface area contributed by atoms with Gasteiger partial charge in [-0.2, -0.15) is 0 Å². The van der Waals surface area contributed by atoms with E-state index < -0.39 is 18.0 Å². The summed E-state index contributed by atoms with van der Waals surface area (Å²) >= 11 is 0. The molecule has 0 aromatic rings. The zero-order valence-corrected chi connectivity index (χ0v) is 16.5. The molecule has 0 amide bonds. The fraction of sp³-hybridized carbons (Fsp3) is 0.727. The summed E-state index contributed by atoms with van der Waals surface area (Å²) in [4.78, 5) is 24.8. The van der Waals surface area contributed by atoms with Crippen molar-refractivity contribution in [2.75, 3.05) is 13.2 Å². The van der Waals surface area contributed by atoms with Gasteiger partial charge < -0.3 is 15.3 Å². The van der Waals surface area contributed by atoms with Gasteiger partial charge in [0.1, 0.15) is 5.60 Å². The Balaban J connectivity index is 1.93. The number of hydrogen-bond acceptors (Lipinski definition) is 5. The first-order chi connectivity index (χ1) is 12.6. The molecule has 5 nitrogen and oxygen atoms in total. The lowest BCUT2D eigenvalue weighted by atomic mass is 9.46. The number of carbonyl (C=O) groups is 2. The summed E-state index contributed by atoms with van der Waals surface area (Å²) in [6.45, 7) is 8.25. The molecule has 2 fully saturated rings.